The molecule has 6 rings (SSSR count). The third-order valence-electron chi connectivity index (χ3n) is 8.59. The molecule has 0 amide bonds. The van der Waals surface area contributed by atoms with Crippen LogP contribution in [0.2, 0.25) is 0 Å². The first-order valence-electron chi connectivity index (χ1n) is 16.0. The number of hydrogen-bond donors (Lipinski definition) is 0. The highest BCUT2D eigenvalue weighted by Gasteiger charge is 2.36. The Morgan fingerprint density at radius 2 is 1.76 bits per heavy atom. The summed E-state index contributed by atoms with van der Waals surface area (Å²) in [6.45, 7) is 8.08. The second kappa shape index (κ2) is 14.3. The number of nitriles is 1. The van der Waals surface area contributed by atoms with Gasteiger partial charge in [-0.25, -0.2) is 9.79 Å². The van der Waals surface area contributed by atoms with Gasteiger partial charge in [-0.05, 0) is 93.4 Å². The van der Waals surface area contributed by atoms with E-state index < -0.39 is 12.0 Å². The van der Waals surface area contributed by atoms with Gasteiger partial charge in [-0.3, -0.25) is 9.36 Å². The van der Waals surface area contributed by atoms with Crippen molar-refractivity contribution in [2.24, 2.45) is 4.99 Å². The number of hydrogen-bond acceptors (Lipinski definition) is 9. The summed E-state index contributed by atoms with van der Waals surface area (Å²) in [5.74, 6) is 1.07. The van der Waals surface area contributed by atoms with Gasteiger partial charge in [0, 0.05) is 22.6 Å². The second-order valence-electron chi connectivity index (χ2n) is 11.6. The molecule has 5 aromatic rings. The molecule has 0 bridgehead atoms. The Morgan fingerprint density at radius 3 is 2.42 bits per heavy atom. The molecule has 254 valence electrons. The Balaban J connectivity index is 1.37. The van der Waals surface area contributed by atoms with Crippen LogP contribution in [-0.2, 0) is 16.1 Å². The van der Waals surface area contributed by atoms with Crippen molar-refractivity contribution in [2.75, 3.05) is 20.8 Å². The Morgan fingerprint density at radius 1 is 1.02 bits per heavy atom. The Kier molecular flexibility index (Phi) is 9.74. The second-order valence-corrected chi connectivity index (χ2v) is 12.6. The number of methoxy groups -OCH3 is 2. The van der Waals surface area contributed by atoms with E-state index in [-0.39, 0.29) is 17.7 Å². The molecule has 1 aliphatic heterocycles. The van der Waals surface area contributed by atoms with Gasteiger partial charge >= 0.3 is 5.97 Å². The lowest BCUT2D eigenvalue weighted by molar-refractivity contribution is -0.139. The number of allylic oxidation sites excluding steroid dienone is 1. The van der Waals surface area contributed by atoms with Gasteiger partial charge in [-0.15, -0.1) is 0 Å². The predicted octanol–water partition coefficient (Wildman–Crippen LogP) is 5.67. The van der Waals surface area contributed by atoms with Crippen molar-refractivity contribution in [3.63, 3.8) is 0 Å². The molecule has 10 nitrogen and oxygen atoms in total. The Labute approximate surface area is 293 Å². The number of nitrogens with zero attached hydrogens (tertiary/aromatic N) is 4. The molecule has 0 spiro atoms. The first-order chi connectivity index (χ1) is 24.2. The number of ether oxygens (including phenoxy) is 4. The number of carbonyl (C=O) groups is 1. The minimum atomic E-state index is -0.845. The number of thiazole rings is 1. The third-order valence-corrected chi connectivity index (χ3v) is 9.57. The Hall–Kier alpha value is -5.86. The van der Waals surface area contributed by atoms with Crippen molar-refractivity contribution in [1.82, 2.24) is 9.13 Å². The first kappa shape index (κ1) is 34.0. The van der Waals surface area contributed by atoms with E-state index in [0.717, 1.165) is 34.0 Å². The number of aryl methyl sites for hydroxylation is 1. The lowest BCUT2D eigenvalue weighted by atomic mass is 9.94. The summed E-state index contributed by atoms with van der Waals surface area (Å²) in [6, 6.07) is 23.8. The summed E-state index contributed by atoms with van der Waals surface area (Å²) >= 11 is 1.26. The summed E-state index contributed by atoms with van der Waals surface area (Å²) in [4.78, 5) is 32.8. The van der Waals surface area contributed by atoms with Gasteiger partial charge < -0.3 is 23.5 Å². The van der Waals surface area contributed by atoms with Gasteiger partial charge in [-0.1, -0.05) is 35.6 Å². The van der Waals surface area contributed by atoms with Crippen LogP contribution in [-0.4, -0.2) is 35.9 Å². The number of esters is 1. The van der Waals surface area contributed by atoms with E-state index >= 15 is 0 Å². The number of carbonyl (C=O) groups excluding carboxylic acids is 1. The monoisotopic (exact) mass is 688 g/mol. The maximum absolute atomic E-state index is 14.3. The molecular weight excluding hydrogens is 653 g/mol. The van der Waals surface area contributed by atoms with E-state index in [4.69, 9.17) is 29.2 Å². The van der Waals surface area contributed by atoms with Crippen molar-refractivity contribution in [1.29, 1.82) is 5.26 Å². The molecule has 3 aromatic carbocycles. The topological polar surface area (TPSA) is 117 Å². The number of fused-ring (bicyclic) bond motifs is 1. The molecule has 1 aliphatic rings. The zero-order valence-electron chi connectivity index (χ0n) is 28.6. The van der Waals surface area contributed by atoms with Crippen LogP contribution in [0, 0.1) is 25.2 Å². The molecular formula is C39H36N4O6S. The smallest absolute Gasteiger partial charge is 0.338 e. The van der Waals surface area contributed by atoms with Crippen LogP contribution in [0.1, 0.15) is 53.5 Å². The lowest BCUT2D eigenvalue weighted by Crippen LogP contribution is -2.40. The number of aromatic nitrogens is 2. The molecule has 50 heavy (non-hydrogen) atoms. The van der Waals surface area contributed by atoms with Gasteiger partial charge in [0.15, 0.2) is 16.3 Å². The maximum atomic E-state index is 14.3. The Bertz CT molecular complexity index is 2340. The maximum Gasteiger partial charge on any atom is 0.338 e. The van der Waals surface area contributed by atoms with Crippen LogP contribution >= 0.6 is 11.3 Å². The molecule has 0 unspecified atom stereocenters. The third kappa shape index (κ3) is 6.33. The minimum Gasteiger partial charge on any atom is -0.493 e. The van der Waals surface area contributed by atoms with Gasteiger partial charge in [0.05, 0.1) is 48.3 Å². The fraction of sp³-hybridized carbons (Fsp3) is 0.231. The van der Waals surface area contributed by atoms with Gasteiger partial charge in [0.1, 0.15) is 18.4 Å². The van der Waals surface area contributed by atoms with E-state index in [0.29, 0.717) is 44.3 Å². The lowest BCUT2D eigenvalue weighted by Gasteiger charge is -2.26. The fourth-order valence-corrected chi connectivity index (χ4v) is 7.26. The molecule has 0 fully saturated rings. The van der Waals surface area contributed by atoms with Crippen molar-refractivity contribution < 1.29 is 23.7 Å². The predicted molar refractivity (Wildman–Crippen MR) is 191 cm³/mol. The number of para-hydroxylation sites is 1. The SMILES string of the molecule is CCOC(=O)C1=C(C)N=c2s/c(=C\c3cc(C)n(-c4ccc(OCc5ccc(C#N)cc5)cc4)c3C)c(=O)n2[C@H]1c1cccc(OC)c1OC. The minimum absolute atomic E-state index is 0.173. The number of benzene rings is 3. The molecule has 11 heteroatoms. The normalized spacial score (nSPS) is 14.1. The summed E-state index contributed by atoms with van der Waals surface area (Å²) in [5, 5.41) is 9.02. The summed E-state index contributed by atoms with van der Waals surface area (Å²) in [7, 11) is 3.07. The van der Waals surface area contributed by atoms with Crippen LogP contribution in [0.5, 0.6) is 17.2 Å². The fourth-order valence-electron chi connectivity index (χ4n) is 6.22. The summed E-state index contributed by atoms with van der Waals surface area (Å²) in [6.07, 6.45) is 1.88. The van der Waals surface area contributed by atoms with Crippen LogP contribution in [0.4, 0.5) is 0 Å². The van der Waals surface area contributed by atoms with E-state index in [2.05, 4.69) is 10.6 Å². The van der Waals surface area contributed by atoms with Crippen molar-refractivity contribution in [3.8, 4) is 29.0 Å². The van der Waals surface area contributed by atoms with Crippen molar-refractivity contribution in [3.05, 3.63) is 137 Å². The molecule has 0 radical (unpaired) electrons. The van der Waals surface area contributed by atoms with Crippen LogP contribution in [0.25, 0.3) is 11.8 Å². The first-order valence-corrected chi connectivity index (χ1v) is 16.8. The molecule has 0 N–H and O–H groups in total. The van der Waals surface area contributed by atoms with E-state index in [1.165, 1.54) is 18.4 Å². The molecule has 1 atom stereocenters. The standard InChI is InChI=1S/C39H36N4O6S/c1-7-48-38(45)34-24(3)41-39-43(35(34)31-9-8-10-32(46-5)36(31)47-6)37(44)33(50-39)20-28-19-23(2)42(25(28)4)29-15-17-30(18-16-29)49-22-27-13-11-26(21-40)12-14-27/h8-20,35H,7,22H2,1-6H3/b33-20-/t35-/m0/s1. The van der Waals surface area contributed by atoms with Gasteiger partial charge in [0.25, 0.3) is 5.56 Å². The van der Waals surface area contributed by atoms with Gasteiger partial charge in [-0.2, -0.15) is 5.26 Å². The van der Waals surface area contributed by atoms with E-state index in [1.807, 2.05) is 68.5 Å². The molecule has 0 aliphatic carbocycles. The highest BCUT2D eigenvalue weighted by Crippen LogP contribution is 2.40. The molecule has 3 heterocycles. The molecule has 0 saturated heterocycles. The van der Waals surface area contributed by atoms with Gasteiger partial charge in [0.2, 0.25) is 0 Å². The van der Waals surface area contributed by atoms with E-state index in [9.17, 15) is 9.59 Å². The van der Waals surface area contributed by atoms with Crippen molar-refractivity contribution >= 4 is 23.4 Å². The van der Waals surface area contributed by atoms with Crippen LogP contribution in [0.15, 0.2) is 93.9 Å². The van der Waals surface area contributed by atoms with Crippen molar-refractivity contribution in [2.45, 2.75) is 40.3 Å². The zero-order chi connectivity index (χ0) is 35.5. The quantitative estimate of drug-likeness (QED) is 0.174. The average Bonchev–Trinajstić information content (AvgIpc) is 3.59. The zero-order valence-corrected chi connectivity index (χ0v) is 29.5. The highest BCUT2D eigenvalue weighted by molar-refractivity contribution is 7.07. The van der Waals surface area contributed by atoms with E-state index in [1.54, 1.807) is 49.8 Å². The molecule has 2 aromatic heterocycles. The summed E-state index contributed by atoms with van der Waals surface area (Å²) in [5.41, 5.74) is 6.39. The van der Waals surface area contributed by atoms with Crippen LogP contribution < -0.4 is 29.1 Å². The highest BCUT2D eigenvalue weighted by atomic mass is 32.1. The summed E-state index contributed by atoms with van der Waals surface area (Å²) < 4.78 is 26.9. The average molecular weight is 689 g/mol. The van der Waals surface area contributed by atoms with Crippen LogP contribution in [0.3, 0.4) is 0 Å². The molecule has 0 saturated carbocycles. The largest absolute Gasteiger partial charge is 0.493 e. The number of rotatable bonds is 10.